The Balaban J connectivity index is 2.28. The summed E-state index contributed by atoms with van der Waals surface area (Å²) in [7, 11) is 0. The molecule has 0 saturated heterocycles. The van der Waals surface area contributed by atoms with E-state index in [2.05, 4.69) is 34.7 Å². The van der Waals surface area contributed by atoms with Crippen molar-refractivity contribution in [1.82, 2.24) is 0 Å². The minimum atomic E-state index is 0.133. The fourth-order valence-corrected chi connectivity index (χ4v) is 2.26. The Morgan fingerprint density at radius 2 is 2.00 bits per heavy atom. The Morgan fingerprint density at radius 3 is 2.69 bits per heavy atom. The van der Waals surface area contributed by atoms with Crippen LogP contribution in [0.15, 0.2) is 40.8 Å². The van der Waals surface area contributed by atoms with Crippen molar-refractivity contribution in [3.63, 3.8) is 0 Å². The third-order valence-electron chi connectivity index (χ3n) is 2.32. The first-order chi connectivity index (χ1) is 7.66. The van der Waals surface area contributed by atoms with Gasteiger partial charge in [0.05, 0.1) is 0 Å². The lowest BCUT2D eigenvalue weighted by Gasteiger charge is -2.02. The van der Waals surface area contributed by atoms with E-state index in [0.29, 0.717) is 0 Å². The van der Waals surface area contributed by atoms with Gasteiger partial charge in [-0.15, -0.1) is 0 Å². The molecule has 0 amide bonds. The fraction of sp³-hybridized carbons (Fsp3) is 0.231. The number of hydrogen-bond donors (Lipinski definition) is 1. The van der Waals surface area contributed by atoms with Crippen LogP contribution in [0.4, 0.5) is 0 Å². The smallest absolute Gasteiger partial charge is 0.135 e. The Bertz CT molecular complexity index is 476. The van der Waals surface area contributed by atoms with Gasteiger partial charge in [0.1, 0.15) is 11.5 Å². The van der Waals surface area contributed by atoms with E-state index in [1.54, 1.807) is 0 Å². The second-order valence-electron chi connectivity index (χ2n) is 3.93. The maximum Gasteiger partial charge on any atom is 0.135 e. The van der Waals surface area contributed by atoms with Crippen molar-refractivity contribution in [2.75, 3.05) is 0 Å². The molecular formula is C13H14INO. The van der Waals surface area contributed by atoms with Crippen LogP contribution in [0.3, 0.4) is 0 Å². The summed E-state index contributed by atoms with van der Waals surface area (Å²) in [5.41, 5.74) is 6.88. The summed E-state index contributed by atoms with van der Waals surface area (Å²) in [6.45, 7) is 1.98. The highest BCUT2D eigenvalue weighted by Crippen LogP contribution is 2.27. The Hall–Kier alpha value is -0.810. The summed E-state index contributed by atoms with van der Waals surface area (Å²) in [5.74, 6) is 1.87. The van der Waals surface area contributed by atoms with Crippen LogP contribution in [0.2, 0.25) is 0 Å². The molecule has 2 rings (SSSR count). The molecule has 2 N–H and O–H groups in total. The number of hydrogen-bond acceptors (Lipinski definition) is 2. The van der Waals surface area contributed by atoms with Gasteiger partial charge < -0.3 is 10.2 Å². The van der Waals surface area contributed by atoms with Crippen LogP contribution >= 0.6 is 22.6 Å². The molecule has 0 aliphatic rings. The van der Waals surface area contributed by atoms with Gasteiger partial charge in [-0.05, 0) is 47.7 Å². The molecule has 0 aliphatic heterocycles. The fourth-order valence-electron chi connectivity index (χ4n) is 1.61. The van der Waals surface area contributed by atoms with Crippen molar-refractivity contribution < 1.29 is 4.42 Å². The summed E-state index contributed by atoms with van der Waals surface area (Å²) in [5, 5.41) is 0. The summed E-state index contributed by atoms with van der Waals surface area (Å²) in [4.78, 5) is 0. The highest BCUT2D eigenvalue weighted by Gasteiger charge is 2.08. The molecule has 2 aromatic rings. The third-order valence-corrected chi connectivity index (χ3v) is 3.26. The largest absolute Gasteiger partial charge is 0.461 e. The van der Waals surface area contributed by atoms with Gasteiger partial charge in [0.15, 0.2) is 0 Å². The second-order valence-corrected chi connectivity index (χ2v) is 5.09. The molecule has 1 aromatic heterocycles. The Morgan fingerprint density at radius 1 is 1.25 bits per heavy atom. The van der Waals surface area contributed by atoms with Crippen LogP contribution in [0, 0.1) is 3.57 Å². The lowest BCUT2D eigenvalue weighted by molar-refractivity contribution is 0.503. The van der Waals surface area contributed by atoms with Crippen molar-refractivity contribution in [3.8, 4) is 11.3 Å². The zero-order valence-corrected chi connectivity index (χ0v) is 11.3. The van der Waals surface area contributed by atoms with E-state index in [1.165, 1.54) is 3.57 Å². The molecule has 1 unspecified atom stereocenters. The minimum Gasteiger partial charge on any atom is -0.461 e. The van der Waals surface area contributed by atoms with Gasteiger partial charge in [-0.2, -0.15) is 0 Å². The monoisotopic (exact) mass is 327 g/mol. The topological polar surface area (TPSA) is 39.2 Å². The van der Waals surface area contributed by atoms with Crippen molar-refractivity contribution in [2.24, 2.45) is 5.73 Å². The van der Waals surface area contributed by atoms with Gasteiger partial charge in [0, 0.05) is 21.6 Å². The van der Waals surface area contributed by atoms with E-state index in [4.69, 9.17) is 10.2 Å². The van der Waals surface area contributed by atoms with Crippen LogP contribution < -0.4 is 5.73 Å². The first-order valence-electron chi connectivity index (χ1n) is 5.26. The molecule has 16 heavy (non-hydrogen) atoms. The van der Waals surface area contributed by atoms with Crippen molar-refractivity contribution in [1.29, 1.82) is 0 Å². The number of furan rings is 1. The predicted octanol–water partition coefficient (Wildman–Crippen LogP) is 3.44. The third kappa shape index (κ3) is 2.65. The predicted molar refractivity (Wildman–Crippen MR) is 74.2 cm³/mol. The highest BCUT2D eigenvalue weighted by atomic mass is 127. The van der Waals surface area contributed by atoms with Crippen molar-refractivity contribution in [3.05, 3.63) is 45.7 Å². The van der Waals surface area contributed by atoms with Gasteiger partial charge in [-0.3, -0.25) is 0 Å². The minimum absolute atomic E-state index is 0.133. The van der Waals surface area contributed by atoms with Crippen LogP contribution in [0.1, 0.15) is 12.7 Å². The van der Waals surface area contributed by atoms with Gasteiger partial charge in [0.25, 0.3) is 0 Å². The molecule has 1 heterocycles. The number of halogens is 1. The molecule has 1 atom stereocenters. The summed E-state index contributed by atoms with van der Waals surface area (Å²) >= 11 is 2.31. The van der Waals surface area contributed by atoms with Gasteiger partial charge in [0.2, 0.25) is 0 Å². The second kappa shape index (κ2) is 5.01. The lowest BCUT2D eigenvalue weighted by atomic mass is 10.2. The van der Waals surface area contributed by atoms with Crippen LogP contribution in [-0.4, -0.2) is 6.04 Å². The Kier molecular flexibility index (Phi) is 3.66. The molecular weight excluding hydrogens is 313 g/mol. The molecule has 3 heteroatoms. The van der Waals surface area contributed by atoms with E-state index < -0.39 is 0 Å². The van der Waals surface area contributed by atoms with E-state index >= 15 is 0 Å². The van der Waals surface area contributed by atoms with E-state index in [-0.39, 0.29) is 6.04 Å². The first-order valence-corrected chi connectivity index (χ1v) is 6.34. The average molecular weight is 327 g/mol. The quantitative estimate of drug-likeness (QED) is 0.877. The van der Waals surface area contributed by atoms with Gasteiger partial charge >= 0.3 is 0 Å². The van der Waals surface area contributed by atoms with Gasteiger partial charge in [-0.25, -0.2) is 0 Å². The standard InChI is InChI=1S/C13H14INO/c1-9(15)8-10-6-7-13(16-10)11-4-2-3-5-12(11)14/h2-7,9H,8,15H2,1H3. The summed E-state index contributed by atoms with van der Waals surface area (Å²) in [6, 6.07) is 12.3. The molecule has 0 aliphatic carbocycles. The van der Waals surface area contributed by atoms with Crippen molar-refractivity contribution >= 4 is 22.6 Å². The average Bonchev–Trinajstić information content (AvgIpc) is 2.66. The van der Waals surface area contributed by atoms with Gasteiger partial charge in [-0.1, -0.05) is 18.2 Å². The zero-order chi connectivity index (χ0) is 11.5. The summed E-state index contributed by atoms with van der Waals surface area (Å²) < 4.78 is 6.97. The lowest BCUT2D eigenvalue weighted by Crippen LogP contribution is -2.17. The molecule has 0 fully saturated rings. The molecule has 1 aromatic carbocycles. The number of benzene rings is 1. The van der Waals surface area contributed by atoms with Crippen molar-refractivity contribution in [2.45, 2.75) is 19.4 Å². The maximum atomic E-state index is 5.78. The normalized spacial score (nSPS) is 12.7. The first kappa shape index (κ1) is 11.7. The van der Waals surface area contributed by atoms with Crippen LogP contribution in [0.5, 0.6) is 0 Å². The molecule has 2 nitrogen and oxygen atoms in total. The van der Waals surface area contributed by atoms with Crippen LogP contribution in [0.25, 0.3) is 11.3 Å². The van der Waals surface area contributed by atoms with Crippen LogP contribution in [-0.2, 0) is 6.42 Å². The maximum absolute atomic E-state index is 5.78. The highest BCUT2D eigenvalue weighted by molar-refractivity contribution is 14.1. The molecule has 0 radical (unpaired) electrons. The SMILES string of the molecule is CC(N)Cc1ccc(-c2ccccc2I)o1. The molecule has 84 valence electrons. The number of rotatable bonds is 3. The number of nitrogens with two attached hydrogens (primary N) is 1. The summed E-state index contributed by atoms with van der Waals surface area (Å²) in [6.07, 6.45) is 0.781. The zero-order valence-electron chi connectivity index (χ0n) is 9.11. The van der Waals surface area contributed by atoms with E-state index in [9.17, 15) is 0 Å². The molecule has 0 bridgehead atoms. The van der Waals surface area contributed by atoms with E-state index in [0.717, 1.165) is 23.5 Å². The Labute approximate surface area is 109 Å². The molecule has 0 saturated carbocycles. The van der Waals surface area contributed by atoms with E-state index in [1.807, 2.05) is 31.2 Å². The molecule has 0 spiro atoms.